The number of nitrogens with zero attached hydrogens (tertiary/aromatic N) is 1. The highest BCUT2D eigenvalue weighted by Crippen LogP contribution is 2.34. The van der Waals surface area contributed by atoms with Crippen LogP contribution in [0.15, 0.2) is 152 Å². The average molecular weight is 557 g/mol. The van der Waals surface area contributed by atoms with E-state index in [1.54, 1.807) is 0 Å². The fraction of sp³-hybridized carbons (Fsp3) is 0.0769. The number of hydrogen-bond acceptors (Lipinski definition) is 3. The highest BCUT2D eigenvalue weighted by Gasteiger charge is 2.24. The number of nitrogens with one attached hydrogen (secondary N) is 3. The molecule has 208 valence electrons. The van der Waals surface area contributed by atoms with Crippen molar-refractivity contribution in [3.63, 3.8) is 0 Å². The Balaban J connectivity index is 1.16. The maximum atomic E-state index is 3.84. The van der Waals surface area contributed by atoms with Crippen molar-refractivity contribution in [2.24, 2.45) is 0 Å². The highest BCUT2D eigenvalue weighted by molar-refractivity contribution is 6.09. The van der Waals surface area contributed by atoms with Gasteiger partial charge < -0.3 is 15.2 Å². The average Bonchev–Trinajstić information content (AvgIpc) is 3.43. The molecule has 4 heteroatoms. The van der Waals surface area contributed by atoms with Gasteiger partial charge in [-0.25, -0.2) is 0 Å². The Hall–Kier alpha value is -5.32. The molecule has 3 heterocycles. The van der Waals surface area contributed by atoms with Crippen LogP contribution in [-0.2, 0) is 0 Å². The SMILES string of the molecule is C1=CC(c2ccc(C3=CC(c4ccc(-n5c6ccccc6c6ccccc65)cc4)NC(c4ccccc4)N3)cc2)=CCN1. The Morgan fingerprint density at radius 2 is 1.26 bits per heavy atom. The van der Waals surface area contributed by atoms with Gasteiger partial charge in [0.05, 0.1) is 17.1 Å². The summed E-state index contributed by atoms with van der Waals surface area (Å²) in [5.74, 6) is 0. The van der Waals surface area contributed by atoms with Crippen molar-refractivity contribution < 1.29 is 0 Å². The summed E-state index contributed by atoms with van der Waals surface area (Å²) < 4.78 is 2.37. The minimum Gasteiger partial charge on any atom is -0.387 e. The van der Waals surface area contributed by atoms with E-state index in [4.69, 9.17) is 0 Å². The molecule has 0 saturated heterocycles. The van der Waals surface area contributed by atoms with E-state index < -0.39 is 0 Å². The zero-order valence-corrected chi connectivity index (χ0v) is 23.7. The van der Waals surface area contributed by atoms with Gasteiger partial charge >= 0.3 is 0 Å². The summed E-state index contributed by atoms with van der Waals surface area (Å²) in [6, 6.07) is 45.9. The second-order valence-corrected chi connectivity index (χ2v) is 11.2. The van der Waals surface area contributed by atoms with Gasteiger partial charge in [-0.15, -0.1) is 0 Å². The van der Waals surface area contributed by atoms with Crippen LogP contribution >= 0.6 is 0 Å². The first-order valence-corrected chi connectivity index (χ1v) is 14.9. The monoisotopic (exact) mass is 556 g/mol. The summed E-state index contributed by atoms with van der Waals surface area (Å²) in [5, 5.41) is 13.4. The van der Waals surface area contributed by atoms with E-state index in [1.807, 2.05) is 6.20 Å². The molecule has 8 rings (SSSR count). The summed E-state index contributed by atoms with van der Waals surface area (Å²) in [6.07, 6.45) is 8.67. The van der Waals surface area contributed by atoms with Gasteiger partial charge in [-0.2, -0.15) is 0 Å². The summed E-state index contributed by atoms with van der Waals surface area (Å²) >= 11 is 0. The van der Waals surface area contributed by atoms with Crippen LogP contribution in [0, 0.1) is 0 Å². The van der Waals surface area contributed by atoms with Crippen LogP contribution in [0.5, 0.6) is 0 Å². The Labute approximate surface area is 251 Å². The van der Waals surface area contributed by atoms with Crippen LogP contribution in [0.2, 0.25) is 0 Å². The van der Waals surface area contributed by atoms with Crippen LogP contribution in [0.25, 0.3) is 38.8 Å². The van der Waals surface area contributed by atoms with E-state index in [0.29, 0.717) is 0 Å². The topological polar surface area (TPSA) is 41.0 Å². The first-order valence-electron chi connectivity index (χ1n) is 14.9. The van der Waals surface area contributed by atoms with Crippen molar-refractivity contribution in [1.29, 1.82) is 0 Å². The van der Waals surface area contributed by atoms with Crippen LogP contribution < -0.4 is 16.0 Å². The van der Waals surface area contributed by atoms with Crippen molar-refractivity contribution in [3.05, 3.63) is 174 Å². The van der Waals surface area contributed by atoms with Crippen molar-refractivity contribution in [2.75, 3.05) is 6.54 Å². The van der Waals surface area contributed by atoms with Crippen molar-refractivity contribution in [2.45, 2.75) is 12.2 Å². The minimum absolute atomic E-state index is 0.0158. The number of benzene rings is 5. The van der Waals surface area contributed by atoms with Gasteiger partial charge in [0.15, 0.2) is 0 Å². The number of dihydropyridines is 1. The fourth-order valence-corrected chi connectivity index (χ4v) is 6.38. The van der Waals surface area contributed by atoms with E-state index in [1.165, 1.54) is 49.6 Å². The number of fused-ring (bicyclic) bond motifs is 3. The maximum Gasteiger partial charge on any atom is 0.104 e. The molecule has 0 amide bonds. The Bertz CT molecular complexity index is 1960. The summed E-state index contributed by atoms with van der Waals surface area (Å²) in [6.45, 7) is 0.863. The number of allylic oxidation sites excluding steroid dienone is 2. The minimum atomic E-state index is -0.0158. The lowest BCUT2D eigenvalue weighted by Gasteiger charge is -2.33. The molecule has 2 aliphatic rings. The number of hydrogen-bond donors (Lipinski definition) is 3. The van der Waals surface area contributed by atoms with E-state index in [0.717, 1.165) is 17.9 Å². The fourth-order valence-electron chi connectivity index (χ4n) is 6.38. The lowest BCUT2D eigenvalue weighted by molar-refractivity contribution is 0.442. The molecule has 0 spiro atoms. The molecule has 2 unspecified atom stereocenters. The predicted molar refractivity (Wildman–Crippen MR) is 179 cm³/mol. The molecule has 4 nitrogen and oxygen atoms in total. The van der Waals surface area contributed by atoms with E-state index >= 15 is 0 Å². The third-order valence-corrected chi connectivity index (χ3v) is 8.55. The maximum absolute atomic E-state index is 3.84. The van der Waals surface area contributed by atoms with E-state index in [9.17, 15) is 0 Å². The van der Waals surface area contributed by atoms with Gasteiger partial charge in [0.1, 0.15) is 6.17 Å². The van der Waals surface area contributed by atoms with Crippen molar-refractivity contribution >= 4 is 33.1 Å². The third-order valence-electron chi connectivity index (χ3n) is 8.55. The molecule has 3 N–H and O–H groups in total. The largest absolute Gasteiger partial charge is 0.387 e. The molecule has 0 radical (unpaired) electrons. The van der Waals surface area contributed by atoms with Gasteiger partial charge in [-0.1, -0.05) is 109 Å². The van der Waals surface area contributed by atoms with Gasteiger partial charge in [0.25, 0.3) is 0 Å². The Morgan fingerprint density at radius 3 is 1.93 bits per heavy atom. The lowest BCUT2D eigenvalue weighted by Crippen LogP contribution is -2.39. The summed E-state index contributed by atoms with van der Waals surface area (Å²) in [4.78, 5) is 0. The summed E-state index contributed by atoms with van der Waals surface area (Å²) in [7, 11) is 0. The second kappa shape index (κ2) is 10.8. The molecule has 0 aliphatic carbocycles. The normalized spacial score (nSPS) is 18.1. The smallest absolute Gasteiger partial charge is 0.104 e. The Kier molecular flexibility index (Phi) is 6.39. The van der Waals surface area contributed by atoms with E-state index in [-0.39, 0.29) is 12.2 Å². The molecule has 2 aliphatic heterocycles. The molecule has 6 aromatic rings. The molecule has 1 aromatic heterocycles. The standard InChI is InChI=1S/C39H32N4/c1-2-8-31(9-3-1)39-41-35(29-16-14-27(15-17-29)28-22-24-40-25-23-28)26-36(42-39)30-18-20-32(21-19-30)43-37-12-6-4-10-33(37)34-11-5-7-13-38(34)43/h1-24,26,36,39-42H,25H2. The van der Waals surface area contributed by atoms with Crippen LogP contribution in [0.4, 0.5) is 0 Å². The summed E-state index contributed by atoms with van der Waals surface area (Å²) in [5.41, 5.74) is 10.8. The molecule has 5 aromatic carbocycles. The number of para-hydroxylation sites is 2. The van der Waals surface area contributed by atoms with Crippen LogP contribution in [0.3, 0.4) is 0 Å². The first kappa shape index (κ1) is 25.4. The molecular formula is C39H32N4. The van der Waals surface area contributed by atoms with Crippen LogP contribution in [-0.4, -0.2) is 11.1 Å². The van der Waals surface area contributed by atoms with E-state index in [2.05, 4.69) is 166 Å². The van der Waals surface area contributed by atoms with Crippen molar-refractivity contribution in [3.8, 4) is 5.69 Å². The molecule has 0 bridgehead atoms. The Morgan fingerprint density at radius 1 is 0.605 bits per heavy atom. The number of rotatable bonds is 5. The van der Waals surface area contributed by atoms with Gasteiger partial charge in [-0.3, -0.25) is 5.32 Å². The van der Waals surface area contributed by atoms with Gasteiger partial charge in [-0.05, 0) is 70.4 Å². The van der Waals surface area contributed by atoms with Crippen LogP contribution in [0.1, 0.15) is 34.5 Å². The molecule has 0 saturated carbocycles. The predicted octanol–water partition coefficient (Wildman–Crippen LogP) is 8.26. The van der Waals surface area contributed by atoms with Gasteiger partial charge in [0, 0.05) is 28.7 Å². The zero-order valence-electron chi connectivity index (χ0n) is 23.7. The molecule has 0 fully saturated rings. The lowest BCUT2D eigenvalue weighted by atomic mass is 9.96. The first-order chi connectivity index (χ1) is 21.3. The molecule has 2 atom stereocenters. The zero-order chi connectivity index (χ0) is 28.6. The van der Waals surface area contributed by atoms with Crippen molar-refractivity contribution in [1.82, 2.24) is 20.5 Å². The molecular weight excluding hydrogens is 524 g/mol. The quantitative estimate of drug-likeness (QED) is 0.200. The third kappa shape index (κ3) is 4.72. The number of aromatic nitrogens is 1. The van der Waals surface area contributed by atoms with Gasteiger partial charge in [0.2, 0.25) is 0 Å². The molecule has 43 heavy (non-hydrogen) atoms. The highest BCUT2D eigenvalue weighted by atomic mass is 15.2. The second-order valence-electron chi connectivity index (χ2n) is 11.2.